The van der Waals surface area contributed by atoms with Crippen molar-refractivity contribution in [3.05, 3.63) is 71.5 Å². The summed E-state index contributed by atoms with van der Waals surface area (Å²) in [6.07, 6.45) is 5.24. The minimum absolute atomic E-state index is 0.0289. The van der Waals surface area contributed by atoms with Crippen LogP contribution in [0, 0.1) is 5.92 Å². The van der Waals surface area contributed by atoms with Gasteiger partial charge in [0.05, 0.1) is 0 Å². The van der Waals surface area contributed by atoms with E-state index in [1.807, 2.05) is 30.3 Å². The number of carbonyl (C=O) groups is 2. The van der Waals surface area contributed by atoms with E-state index in [1.54, 1.807) is 24.3 Å². The second-order valence-corrected chi connectivity index (χ2v) is 7.49. The molecule has 0 spiro atoms. The van der Waals surface area contributed by atoms with E-state index >= 15 is 0 Å². The molecule has 3 aromatic rings. The van der Waals surface area contributed by atoms with Gasteiger partial charge >= 0.3 is 0 Å². The number of aromatic amines is 1. The zero-order chi connectivity index (χ0) is 20.8. The van der Waals surface area contributed by atoms with Gasteiger partial charge in [0.2, 0.25) is 11.7 Å². The highest BCUT2D eigenvalue weighted by Gasteiger charge is 2.23. The molecule has 1 aromatic heterocycles. The first-order chi connectivity index (χ1) is 14.7. The number of benzene rings is 2. The van der Waals surface area contributed by atoms with Gasteiger partial charge in [-0.2, -0.15) is 5.21 Å². The standard InChI is InChI=1S/C22H24N6O2/c29-21(16-10-5-2-6-11-16)23-18-13-7-12-17(14-18)22(30)24-19(20-25-27-28-26-20)15-8-3-1-4-9-15/h1,3-4,7-9,12-14,16,19H,2,5-6,10-11H2,(H,23,29)(H,24,30)(H,25,26,27,28). The predicted octanol–water partition coefficient (Wildman–Crippen LogP) is 3.24. The van der Waals surface area contributed by atoms with Crippen LogP contribution < -0.4 is 10.6 Å². The molecule has 1 atom stereocenters. The SMILES string of the molecule is O=C(NC(c1ccccc1)c1nn[nH]n1)c1cccc(NC(=O)C2CCCCC2)c1. The number of amides is 2. The third kappa shape index (κ3) is 4.71. The van der Waals surface area contributed by atoms with Crippen LogP contribution in [-0.4, -0.2) is 32.4 Å². The number of H-pyrrole nitrogens is 1. The van der Waals surface area contributed by atoms with E-state index in [4.69, 9.17) is 0 Å². The summed E-state index contributed by atoms with van der Waals surface area (Å²) >= 11 is 0. The smallest absolute Gasteiger partial charge is 0.252 e. The van der Waals surface area contributed by atoms with Gasteiger partial charge in [-0.1, -0.05) is 60.9 Å². The number of hydrogen-bond acceptors (Lipinski definition) is 5. The second kappa shape index (κ2) is 9.30. The van der Waals surface area contributed by atoms with E-state index in [2.05, 4.69) is 31.3 Å². The number of nitrogens with zero attached hydrogens (tertiary/aromatic N) is 3. The van der Waals surface area contributed by atoms with Gasteiger partial charge in [-0.05, 0) is 36.6 Å². The Kier molecular flexibility index (Phi) is 6.12. The van der Waals surface area contributed by atoms with Gasteiger partial charge in [-0.15, -0.1) is 10.2 Å². The third-order valence-corrected chi connectivity index (χ3v) is 5.40. The molecule has 0 bridgehead atoms. The fraction of sp³-hybridized carbons (Fsp3) is 0.318. The number of carbonyl (C=O) groups excluding carboxylic acids is 2. The molecule has 1 unspecified atom stereocenters. The molecule has 154 valence electrons. The number of aromatic nitrogens is 4. The summed E-state index contributed by atoms with van der Waals surface area (Å²) in [5.74, 6) is 0.164. The summed E-state index contributed by atoms with van der Waals surface area (Å²) in [7, 11) is 0. The molecule has 1 fully saturated rings. The molecule has 30 heavy (non-hydrogen) atoms. The Balaban J connectivity index is 1.48. The van der Waals surface area contributed by atoms with Gasteiger partial charge in [0.1, 0.15) is 6.04 Å². The lowest BCUT2D eigenvalue weighted by atomic mass is 9.88. The maximum absolute atomic E-state index is 13.0. The molecule has 1 aliphatic carbocycles. The second-order valence-electron chi connectivity index (χ2n) is 7.49. The zero-order valence-electron chi connectivity index (χ0n) is 16.5. The molecule has 1 heterocycles. The van der Waals surface area contributed by atoms with Crippen molar-refractivity contribution >= 4 is 17.5 Å². The molecule has 4 rings (SSSR count). The molecule has 0 saturated heterocycles. The molecule has 2 aromatic carbocycles. The summed E-state index contributed by atoms with van der Waals surface area (Å²) in [6, 6.07) is 15.9. The Hall–Kier alpha value is -3.55. The average Bonchev–Trinajstić information content (AvgIpc) is 3.33. The normalized spacial score (nSPS) is 15.3. The highest BCUT2D eigenvalue weighted by molar-refractivity contribution is 5.98. The van der Waals surface area contributed by atoms with Crippen molar-refractivity contribution in [2.75, 3.05) is 5.32 Å². The monoisotopic (exact) mass is 404 g/mol. The highest BCUT2D eigenvalue weighted by atomic mass is 16.2. The summed E-state index contributed by atoms with van der Waals surface area (Å²) in [5.41, 5.74) is 1.91. The Morgan fingerprint density at radius 1 is 1.00 bits per heavy atom. The van der Waals surface area contributed by atoms with Crippen molar-refractivity contribution in [2.24, 2.45) is 5.92 Å². The fourth-order valence-electron chi connectivity index (χ4n) is 3.80. The Morgan fingerprint density at radius 2 is 1.80 bits per heavy atom. The summed E-state index contributed by atoms with van der Waals surface area (Å²) in [4.78, 5) is 25.5. The quantitative estimate of drug-likeness (QED) is 0.584. The summed E-state index contributed by atoms with van der Waals surface area (Å²) in [5, 5.41) is 20.0. The van der Waals surface area contributed by atoms with Crippen LogP contribution in [0.4, 0.5) is 5.69 Å². The molecule has 0 radical (unpaired) electrons. The predicted molar refractivity (Wildman–Crippen MR) is 112 cm³/mol. The molecular weight excluding hydrogens is 380 g/mol. The minimum Gasteiger partial charge on any atom is -0.338 e. The lowest BCUT2D eigenvalue weighted by Crippen LogP contribution is -2.30. The van der Waals surface area contributed by atoms with Gasteiger partial charge in [0, 0.05) is 17.2 Å². The molecule has 1 saturated carbocycles. The van der Waals surface area contributed by atoms with Crippen molar-refractivity contribution in [2.45, 2.75) is 38.1 Å². The molecule has 1 aliphatic rings. The first kappa shape index (κ1) is 19.8. The molecular formula is C22H24N6O2. The maximum atomic E-state index is 13.0. The highest BCUT2D eigenvalue weighted by Crippen LogP contribution is 2.25. The number of nitrogens with one attached hydrogen (secondary N) is 3. The molecule has 8 heteroatoms. The van der Waals surface area contributed by atoms with Crippen molar-refractivity contribution < 1.29 is 9.59 Å². The van der Waals surface area contributed by atoms with Crippen LogP contribution in [0.5, 0.6) is 0 Å². The van der Waals surface area contributed by atoms with E-state index in [-0.39, 0.29) is 17.7 Å². The summed E-state index contributed by atoms with van der Waals surface area (Å²) in [6.45, 7) is 0. The van der Waals surface area contributed by atoms with Gasteiger partial charge < -0.3 is 10.6 Å². The van der Waals surface area contributed by atoms with Crippen LogP contribution >= 0.6 is 0 Å². The van der Waals surface area contributed by atoms with Crippen molar-refractivity contribution in [3.8, 4) is 0 Å². The van der Waals surface area contributed by atoms with Gasteiger partial charge in [0.25, 0.3) is 5.91 Å². The van der Waals surface area contributed by atoms with Crippen LogP contribution in [0.3, 0.4) is 0 Å². The van der Waals surface area contributed by atoms with E-state index in [1.165, 1.54) is 6.42 Å². The van der Waals surface area contributed by atoms with Gasteiger partial charge in [-0.25, -0.2) is 0 Å². The summed E-state index contributed by atoms with van der Waals surface area (Å²) < 4.78 is 0. The van der Waals surface area contributed by atoms with Crippen LogP contribution in [0.2, 0.25) is 0 Å². The van der Waals surface area contributed by atoms with Crippen molar-refractivity contribution in [3.63, 3.8) is 0 Å². The first-order valence-electron chi connectivity index (χ1n) is 10.2. The van der Waals surface area contributed by atoms with Gasteiger partial charge in [-0.3, -0.25) is 9.59 Å². The van der Waals surface area contributed by atoms with Crippen molar-refractivity contribution in [1.29, 1.82) is 0 Å². The van der Waals surface area contributed by atoms with Crippen molar-refractivity contribution in [1.82, 2.24) is 25.9 Å². The van der Waals surface area contributed by atoms with E-state index < -0.39 is 6.04 Å². The number of anilines is 1. The zero-order valence-corrected chi connectivity index (χ0v) is 16.5. The number of rotatable bonds is 6. The molecule has 8 nitrogen and oxygen atoms in total. The number of tetrazole rings is 1. The number of hydrogen-bond donors (Lipinski definition) is 3. The Bertz CT molecular complexity index is 984. The van der Waals surface area contributed by atoms with Crippen LogP contribution in [0.1, 0.15) is 59.9 Å². The molecule has 3 N–H and O–H groups in total. The average molecular weight is 404 g/mol. The topological polar surface area (TPSA) is 113 Å². The van der Waals surface area contributed by atoms with Crippen LogP contribution in [0.15, 0.2) is 54.6 Å². The molecule has 0 aliphatic heterocycles. The fourth-order valence-corrected chi connectivity index (χ4v) is 3.80. The van der Waals surface area contributed by atoms with E-state index in [9.17, 15) is 9.59 Å². The minimum atomic E-state index is -0.544. The lowest BCUT2D eigenvalue weighted by Gasteiger charge is -2.21. The third-order valence-electron chi connectivity index (χ3n) is 5.40. The van der Waals surface area contributed by atoms with Crippen LogP contribution in [0.25, 0.3) is 0 Å². The van der Waals surface area contributed by atoms with Crippen LogP contribution in [-0.2, 0) is 4.79 Å². The Labute approximate surface area is 174 Å². The van der Waals surface area contributed by atoms with E-state index in [0.717, 1.165) is 31.2 Å². The van der Waals surface area contributed by atoms with Gasteiger partial charge in [0.15, 0.2) is 0 Å². The Morgan fingerprint density at radius 3 is 2.53 bits per heavy atom. The largest absolute Gasteiger partial charge is 0.338 e. The lowest BCUT2D eigenvalue weighted by molar-refractivity contribution is -0.120. The van der Waals surface area contributed by atoms with E-state index in [0.29, 0.717) is 17.1 Å². The maximum Gasteiger partial charge on any atom is 0.252 e. The molecule has 2 amide bonds. The first-order valence-corrected chi connectivity index (χ1v) is 10.2.